The number of methoxy groups -OCH3 is 1. The van der Waals surface area contributed by atoms with Crippen LogP contribution >= 0.6 is 0 Å². The van der Waals surface area contributed by atoms with Gasteiger partial charge in [0.2, 0.25) is 0 Å². The normalized spacial score (nSPS) is 18.1. The van der Waals surface area contributed by atoms with E-state index in [9.17, 15) is 13.2 Å². The standard InChI is InChI=1S/C23H19F3N2O2/c1-15-8-10-17(11-9-15)27-21-19-13-12-18(29-2)14-20(19)30-22(28-21,23(24,25)26)16-6-4-3-5-7-16/h3-14H,1-2H3,(H,27,28). The van der Waals surface area contributed by atoms with Crippen LogP contribution in [0.15, 0.2) is 77.8 Å². The first-order valence-electron chi connectivity index (χ1n) is 9.25. The number of benzene rings is 3. The van der Waals surface area contributed by atoms with Crippen LogP contribution in [0, 0.1) is 6.92 Å². The fourth-order valence-electron chi connectivity index (χ4n) is 3.25. The van der Waals surface area contributed by atoms with Gasteiger partial charge in [0, 0.05) is 17.3 Å². The van der Waals surface area contributed by atoms with Crippen molar-refractivity contribution >= 4 is 11.5 Å². The van der Waals surface area contributed by atoms with Crippen LogP contribution in [-0.2, 0) is 5.72 Å². The van der Waals surface area contributed by atoms with Gasteiger partial charge in [0.15, 0.2) is 0 Å². The van der Waals surface area contributed by atoms with Gasteiger partial charge in [-0.15, -0.1) is 0 Å². The summed E-state index contributed by atoms with van der Waals surface area (Å²) in [7, 11) is 1.44. The van der Waals surface area contributed by atoms with E-state index in [2.05, 4.69) is 10.3 Å². The zero-order valence-corrected chi connectivity index (χ0v) is 16.3. The molecule has 0 fully saturated rings. The molecule has 1 heterocycles. The number of amidine groups is 1. The zero-order chi connectivity index (χ0) is 21.4. The third-order valence-corrected chi connectivity index (χ3v) is 4.83. The van der Waals surface area contributed by atoms with E-state index in [1.165, 1.54) is 37.4 Å². The topological polar surface area (TPSA) is 42.9 Å². The average molecular weight is 412 g/mol. The Kier molecular flexibility index (Phi) is 4.89. The number of rotatable bonds is 3. The Hall–Kier alpha value is -3.48. The smallest absolute Gasteiger partial charge is 0.455 e. The Labute approximate surface area is 172 Å². The van der Waals surface area contributed by atoms with Gasteiger partial charge in [-0.1, -0.05) is 48.0 Å². The summed E-state index contributed by atoms with van der Waals surface area (Å²) in [5.74, 6) is 0.471. The van der Waals surface area contributed by atoms with Crippen molar-refractivity contribution in [2.75, 3.05) is 12.4 Å². The molecule has 3 aromatic carbocycles. The number of hydrogen-bond acceptors (Lipinski definition) is 4. The van der Waals surface area contributed by atoms with Gasteiger partial charge in [0.25, 0.3) is 0 Å². The summed E-state index contributed by atoms with van der Waals surface area (Å²) in [5.41, 5.74) is -0.942. The van der Waals surface area contributed by atoms with Gasteiger partial charge in [0.1, 0.15) is 17.3 Å². The zero-order valence-electron chi connectivity index (χ0n) is 16.3. The molecular weight excluding hydrogens is 393 g/mol. The molecule has 1 aliphatic heterocycles. The summed E-state index contributed by atoms with van der Waals surface area (Å²) < 4.78 is 54.0. The Bertz CT molecular complexity index is 1080. The fraction of sp³-hybridized carbons (Fsp3) is 0.174. The molecule has 0 aromatic heterocycles. The number of fused-ring (bicyclic) bond motifs is 1. The number of anilines is 1. The van der Waals surface area contributed by atoms with E-state index in [1.54, 1.807) is 30.3 Å². The molecule has 0 saturated heterocycles. The monoisotopic (exact) mass is 412 g/mol. The Balaban J connectivity index is 1.91. The molecule has 1 aliphatic rings. The maximum absolute atomic E-state index is 14.4. The van der Waals surface area contributed by atoms with Gasteiger partial charge in [-0.05, 0) is 31.2 Å². The highest BCUT2D eigenvalue weighted by molar-refractivity contribution is 6.11. The summed E-state index contributed by atoms with van der Waals surface area (Å²) in [6.45, 7) is 1.93. The van der Waals surface area contributed by atoms with Crippen LogP contribution in [0.3, 0.4) is 0 Å². The number of alkyl halides is 3. The molecule has 7 heteroatoms. The molecular formula is C23H19F3N2O2. The van der Waals surface area contributed by atoms with Crippen molar-refractivity contribution in [2.24, 2.45) is 4.99 Å². The van der Waals surface area contributed by atoms with Gasteiger partial charge in [-0.25, -0.2) is 4.99 Å². The van der Waals surface area contributed by atoms with Crippen LogP contribution in [0.5, 0.6) is 11.5 Å². The maximum atomic E-state index is 14.4. The van der Waals surface area contributed by atoms with E-state index in [1.807, 2.05) is 19.1 Å². The molecule has 0 aliphatic carbocycles. The second kappa shape index (κ2) is 7.40. The maximum Gasteiger partial charge on any atom is 0.455 e. The van der Waals surface area contributed by atoms with E-state index < -0.39 is 11.9 Å². The van der Waals surface area contributed by atoms with Gasteiger partial charge in [0.05, 0.1) is 12.7 Å². The van der Waals surface area contributed by atoms with Crippen molar-refractivity contribution in [1.82, 2.24) is 0 Å². The summed E-state index contributed by atoms with van der Waals surface area (Å²) in [5, 5.41) is 3.03. The van der Waals surface area contributed by atoms with Crippen LogP contribution in [0.1, 0.15) is 16.7 Å². The molecule has 3 aromatic rings. The number of aliphatic imine (C=N–C) groups is 1. The first-order valence-corrected chi connectivity index (χ1v) is 9.25. The van der Waals surface area contributed by atoms with Crippen LogP contribution in [0.2, 0.25) is 0 Å². The lowest BCUT2D eigenvalue weighted by Gasteiger charge is -2.37. The highest BCUT2D eigenvalue weighted by Gasteiger charge is 2.61. The predicted octanol–water partition coefficient (Wildman–Crippen LogP) is 5.67. The highest BCUT2D eigenvalue weighted by atomic mass is 19.4. The second-order valence-corrected chi connectivity index (χ2v) is 6.92. The third-order valence-electron chi connectivity index (χ3n) is 4.83. The molecule has 4 rings (SSSR count). The third kappa shape index (κ3) is 3.47. The first-order chi connectivity index (χ1) is 14.3. The first kappa shape index (κ1) is 19.8. The molecule has 0 saturated carbocycles. The second-order valence-electron chi connectivity index (χ2n) is 6.92. The van der Waals surface area contributed by atoms with Crippen molar-refractivity contribution in [3.63, 3.8) is 0 Å². The van der Waals surface area contributed by atoms with Gasteiger partial charge < -0.3 is 14.8 Å². The molecule has 0 radical (unpaired) electrons. The minimum atomic E-state index is -4.81. The molecule has 1 N–H and O–H groups in total. The van der Waals surface area contributed by atoms with Gasteiger partial charge >= 0.3 is 11.9 Å². The van der Waals surface area contributed by atoms with Crippen LogP contribution in [0.25, 0.3) is 0 Å². The van der Waals surface area contributed by atoms with Crippen molar-refractivity contribution < 1.29 is 22.6 Å². The highest BCUT2D eigenvalue weighted by Crippen LogP contribution is 2.48. The lowest BCUT2D eigenvalue weighted by atomic mass is 9.99. The van der Waals surface area contributed by atoms with Crippen LogP contribution < -0.4 is 14.8 Å². The van der Waals surface area contributed by atoms with Crippen molar-refractivity contribution in [1.29, 1.82) is 0 Å². The quantitative estimate of drug-likeness (QED) is 0.603. The lowest BCUT2D eigenvalue weighted by molar-refractivity contribution is -0.252. The molecule has 0 spiro atoms. The van der Waals surface area contributed by atoms with Gasteiger partial charge in [-0.2, -0.15) is 13.2 Å². The van der Waals surface area contributed by atoms with Crippen LogP contribution in [0.4, 0.5) is 18.9 Å². The van der Waals surface area contributed by atoms with Crippen molar-refractivity contribution in [3.8, 4) is 11.5 Å². The molecule has 1 unspecified atom stereocenters. The van der Waals surface area contributed by atoms with E-state index in [0.717, 1.165) is 5.56 Å². The molecule has 0 bridgehead atoms. The minimum absolute atomic E-state index is 0.0279. The van der Waals surface area contributed by atoms with E-state index in [-0.39, 0.29) is 17.1 Å². The van der Waals surface area contributed by atoms with E-state index >= 15 is 0 Å². The van der Waals surface area contributed by atoms with Crippen molar-refractivity contribution in [2.45, 2.75) is 18.8 Å². The summed E-state index contributed by atoms with van der Waals surface area (Å²) in [6, 6.07) is 19.4. The average Bonchev–Trinajstić information content (AvgIpc) is 2.74. The summed E-state index contributed by atoms with van der Waals surface area (Å²) >= 11 is 0. The summed E-state index contributed by atoms with van der Waals surface area (Å²) in [6.07, 6.45) is -4.81. The fourth-order valence-corrected chi connectivity index (χ4v) is 3.25. The van der Waals surface area contributed by atoms with Gasteiger partial charge in [-0.3, -0.25) is 0 Å². The predicted molar refractivity (Wildman–Crippen MR) is 109 cm³/mol. The van der Waals surface area contributed by atoms with E-state index in [4.69, 9.17) is 9.47 Å². The molecule has 0 amide bonds. The Morgan fingerprint density at radius 2 is 1.67 bits per heavy atom. The molecule has 1 atom stereocenters. The van der Waals surface area contributed by atoms with Crippen molar-refractivity contribution in [3.05, 3.63) is 89.5 Å². The number of halogens is 3. The number of hydrogen-bond donors (Lipinski definition) is 1. The number of ether oxygens (including phenoxy) is 2. The number of aryl methyl sites for hydroxylation is 1. The number of nitrogens with one attached hydrogen (secondary N) is 1. The molecule has 4 nitrogen and oxygen atoms in total. The SMILES string of the molecule is COc1ccc2c(c1)OC(c1ccccc1)(C(F)(F)F)N=C2Nc1ccc(C)cc1. The number of nitrogens with zero attached hydrogens (tertiary/aromatic N) is 1. The van der Waals surface area contributed by atoms with E-state index in [0.29, 0.717) is 17.0 Å². The summed E-state index contributed by atoms with van der Waals surface area (Å²) in [4.78, 5) is 4.09. The van der Waals surface area contributed by atoms with Crippen LogP contribution in [-0.4, -0.2) is 19.1 Å². The molecule has 154 valence electrons. The molecule has 30 heavy (non-hydrogen) atoms. The Morgan fingerprint density at radius 3 is 2.30 bits per heavy atom. The Morgan fingerprint density at radius 1 is 0.967 bits per heavy atom. The largest absolute Gasteiger partial charge is 0.497 e. The lowest BCUT2D eigenvalue weighted by Crippen LogP contribution is -2.49. The minimum Gasteiger partial charge on any atom is -0.497 e.